The molecule has 0 aliphatic carbocycles. The molecule has 7 nitrogen and oxygen atoms in total. The van der Waals surface area contributed by atoms with Crippen LogP contribution in [0.5, 0.6) is 0 Å². The molecule has 132 valence electrons. The van der Waals surface area contributed by atoms with Crippen molar-refractivity contribution in [3.63, 3.8) is 0 Å². The fourth-order valence-electron chi connectivity index (χ4n) is 2.14. The van der Waals surface area contributed by atoms with Crippen LogP contribution < -0.4 is 15.8 Å². The number of ketones is 1. The first kappa shape index (κ1) is 18.6. The third kappa shape index (κ3) is 5.13. The predicted octanol–water partition coefficient (Wildman–Crippen LogP) is 1.98. The van der Waals surface area contributed by atoms with E-state index in [4.69, 9.17) is 5.14 Å². The molecule has 0 fully saturated rings. The SMILES string of the molecule is CC(=O)c1cccc(N[C@H](C)C(=O)Nc2cccc(S(N)(=O)=O)c2)c1. The van der Waals surface area contributed by atoms with Crippen LogP contribution in [0, 0.1) is 0 Å². The molecule has 0 aliphatic rings. The number of primary sulfonamides is 1. The number of rotatable bonds is 6. The van der Waals surface area contributed by atoms with E-state index in [2.05, 4.69) is 10.6 Å². The van der Waals surface area contributed by atoms with Crippen molar-refractivity contribution in [2.75, 3.05) is 10.6 Å². The maximum atomic E-state index is 12.3. The number of anilines is 2. The molecule has 8 heteroatoms. The Balaban J connectivity index is 2.08. The number of Topliss-reactive ketones (excluding diaryl/α,β-unsaturated/α-hetero) is 1. The van der Waals surface area contributed by atoms with Crippen LogP contribution in [0.15, 0.2) is 53.4 Å². The molecule has 1 atom stereocenters. The highest BCUT2D eigenvalue weighted by Crippen LogP contribution is 2.16. The molecule has 25 heavy (non-hydrogen) atoms. The average molecular weight is 361 g/mol. The van der Waals surface area contributed by atoms with Crippen molar-refractivity contribution in [1.29, 1.82) is 0 Å². The Hall–Kier alpha value is -2.71. The van der Waals surface area contributed by atoms with E-state index in [1.807, 2.05) is 0 Å². The molecule has 0 aromatic heterocycles. The van der Waals surface area contributed by atoms with Gasteiger partial charge in [-0.15, -0.1) is 0 Å². The summed E-state index contributed by atoms with van der Waals surface area (Å²) < 4.78 is 22.7. The van der Waals surface area contributed by atoms with Crippen LogP contribution in [0.2, 0.25) is 0 Å². The minimum atomic E-state index is -3.84. The van der Waals surface area contributed by atoms with Gasteiger partial charge in [-0.3, -0.25) is 9.59 Å². The van der Waals surface area contributed by atoms with E-state index in [9.17, 15) is 18.0 Å². The minimum Gasteiger partial charge on any atom is -0.374 e. The maximum Gasteiger partial charge on any atom is 0.246 e. The lowest BCUT2D eigenvalue weighted by Gasteiger charge is -2.16. The van der Waals surface area contributed by atoms with Gasteiger partial charge in [0.25, 0.3) is 0 Å². The van der Waals surface area contributed by atoms with Crippen LogP contribution in [-0.4, -0.2) is 26.2 Å². The van der Waals surface area contributed by atoms with Crippen molar-refractivity contribution in [2.24, 2.45) is 5.14 Å². The van der Waals surface area contributed by atoms with E-state index >= 15 is 0 Å². The molecule has 0 saturated heterocycles. The van der Waals surface area contributed by atoms with Crippen molar-refractivity contribution in [3.8, 4) is 0 Å². The number of amides is 1. The van der Waals surface area contributed by atoms with Gasteiger partial charge in [0, 0.05) is 16.9 Å². The minimum absolute atomic E-state index is 0.0689. The Bertz CT molecular complexity index is 910. The second-order valence-corrected chi connectivity index (χ2v) is 7.13. The van der Waals surface area contributed by atoms with Crippen LogP contribution >= 0.6 is 0 Å². The standard InChI is InChI=1S/C17H19N3O4S/c1-11(19-14-6-3-5-13(9-14)12(2)21)17(22)20-15-7-4-8-16(10-15)25(18,23)24/h3-11,19H,1-2H3,(H,20,22)(H2,18,23,24)/t11-/m1/s1. The first-order valence-electron chi connectivity index (χ1n) is 7.48. The van der Waals surface area contributed by atoms with Gasteiger partial charge in [-0.1, -0.05) is 18.2 Å². The summed E-state index contributed by atoms with van der Waals surface area (Å²) in [7, 11) is -3.84. The highest BCUT2D eigenvalue weighted by atomic mass is 32.2. The van der Waals surface area contributed by atoms with Crippen molar-refractivity contribution in [3.05, 3.63) is 54.1 Å². The lowest BCUT2D eigenvalue weighted by atomic mass is 10.1. The second-order valence-electron chi connectivity index (χ2n) is 5.57. The summed E-state index contributed by atoms with van der Waals surface area (Å²) in [6.07, 6.45) is 0. The van der Waals surface area contributed by atoms with Gasteiger partial charge < -0.3 is 10.6 Å². The molecule has 0 heterocycles. The first-order valence-corrected chi connectivity index (χ1v) is 9.03. The summed E-state index contributed by atoms with van der Waals surface area (Å²) in [6.45, 7) is 3.12. The molecule has 0 unspecified atom stereocenters. The number of hydrogen-bond donors (Lipinski definition) is 3. The number of nitrogens with two attached hydrogens (primary N) is 1. The predicted molar refractivity (Wildman–Crippen MR) is 96.0 cm³/mol. The van der Waals surface area contributed by atoms with Gasteiger partial charge in [0.05, 0.1) is 4.90 Å². The van der Waals surface area contributed by atoms with Crippen LogP contribution in [0.4, 0.5) is 11.4 Å². The monoisotopic (exact) mass is 361 g/mol. The van der Waals surface area contributed by atoms with Crippen molar-refractivity contribution in [1.82, 2.24) is 0 Å². The van der Waals surface area contributed by atoms with E-state index < -0.39 is 16.1 Å². The number of nitrogens with one attached hydrogen (secondary N) is 2. The van der Waals surface area contributed by atoms with Crippen molar-refractivity contribution < 1.29 is 18.0 Å². The van der Waals surface area contributed by atoms with Gasteiger partial charge in [0.1, 0.15) is 6.04 Å². The summed E-state index contributed by atoms with van der Waals surface area (Å²) in [5.74, 6) is -0.430. The summed E-state index contributed by atoms with van der Waals surface area (Å²) in [4.78, 5) is 23.6. The lowest BCUT2D eigenvalue weighted by Crippen LogP contribution is -2.32. The first-order chi connectivity index (χ1) is 11.7. The van der Waals surface area contributed by atoms with E-state index in [1.54, 1.807) is 37.3 Å². The Morgan fingerprint density at radius 2 is 1.68 bits per heavy atom. The molecule has 1 amide bonds. The fourth-order valence-corrected chi connectivity index (χ4v) is 2.70. The highest BCUT2D eigenvalue weighted by Gasteiger charge is 2.15. The third-order valence-corrected chi connectivity index (χ3v) is 4.39. The molecule has 0 bridgehead atoms. The van der Waals surface area contributed by atoms with Crippen LogP contribution in [-0.2, 0) is 14.8 Å². The van der Waals surface area contributed by atoms with Crippen LogP contribution in [0.25, 0.3) is 0 Å². The van der Waals surface area contributed by atoms with E-state index in [-0.39, 0.29) is 16.6 Å². The van der Waals surface area contributed by atoms with Gasteiger partial charge in [-0.2, -0.15) is 0 Å². The van der Waals surface area contributed by atoms with E-state index in [0.29, 0.717) is 16.9 Å². The fraction of sp³-hybridized carbons (Fsp3) is 0.176. The van der Waals surface area contributed by atoms with Gasteiger partial charge in [0.2, 0.25) is 15.9 Å². The quantitative estimate of drug-likeness (QED) is 0.680. The summed E-state index contributed by atoms with van der Waals surface area (Å²) in [5, 5.41) is 10.7. The molecular weight excluding hydrogens is 342 g/mol. The summed E-state index contributed by atoms with van der Waals surface area (Å²) in [6, 6.07) is 11.9. The Labute approximate surface area is 146 Å². The Morgan fingerprint density at radius 1 is 1.04 bits per heavy atom. The third-order valence-electron chi connectivity index (χ3n) is 3.48. The van der Waals surface area contributed by atoms with Gasteiger partial charge in [-0.25, -0.2) is 13.6 Å². The van der Waals surface area contributed by atoms with Crippen LogP contribution in [0.3, 0.4) is 0 Å². The molecular formula is C17H19N3O4S. The summed E-state index contributed by atoms with van der Waals surface area (Å²) >= 11 is 0. The van der Waals surface area contributed by atoms with Crippen molar-refractivity contribution in [2.45, 2.75) is 24.8 Å². The van der Waals surface area contributed by atoms with Gasteiger partial charge in [-0.05, 0) is 44.2 Å². The number of carbonyl (C=O) groups is 2. The zero-order chi connectivity index (χ0) is 18.6. The Morgan fingerprint density at radius 3 is 2.32 bits per heavy atom. The molecule has 0 aliphatic heterocycles. The molecule has 0 radical (unpaired) electrons. The smallest absolute Gasteiger partial charge is 0.246 e. The maximum absolute atomic E-state index is 12.3. The molecule has 4 N–H and O–H groups in total. The molecule has 2 aromatic rings. The topological polar surface area (TPSA) is 118 Å². The second kappa shape index (κ2) is 7.45. The van der Waals surface area contributed by atoms with E-state index in [0.717, 1.165) is 0 Å². The number of carbonyl (C=O) groups excluding carboxylic acids is 2. The lowest BCUT2D eigenvalue weighted by molar-refractivity contribution is -0.116. The molecule has 2 aromatic carbocycles. The van der Waals surface area contributed by atoms with Crippen molar-refractivity contribution >= 4 is 33.1 Å². The Kier molecular flexibility index (Phi) is 5.55. The number of sulfonamides is 1. The zero-order valence-electron chi connectivity index (χ0n) is 13.8. The normalized spacial score (nSPS) is 12.3. The van der Waals surface area contributed by atoms with E-state index in [1.165, 1.54) is 25.1 Å². The average Bonchev–Trinajstić information content (AvgIpc) is 2.54. The van der Waals surface area contributed by atoms with Gasteiger partial charge in [0.15, 0.2) is 5.78 Å². The molecule has 0 spiro atoms. The number of benzene rings is 2. The molecule has 2 rings (SSSR count). The van der Waals surface area contributed by atoms with Gasteiger partial charge >= 0.3 is 0 Å². The molecule has 0 saturated carbocycles. The largest absolute Gasteiger partial charge is 0.374 e. The number of hydrogen-bond acceptors (Lipinski definition) is 5. The van der Waals surface area contributed by atoms with Crippen LogP contribution in [0.1, 0.15) is 24.2 Å². The summed E-state index contributed by atoms with van der Waals surface area (Å²) in [5.41, 5.74) is 1.50. The zero-order valence-corrected chi connectivity index (χ0v) is 14.6. The highest BCUT2D eigenvalue weighted by molar-refractivity contribution is 7.89.